The smallest absolute Gasteiger partial charge is 0.205 e. The Morgan fingerprint density at radius 1 is 1.37 bits per heavy atom. The monoisotopic (exact) mass is 424 g/mol. The Morgan fingerprint density at radius 2 is 2.22 bits per heavy atom. The summed E-state index contributed by atoms with van der Waals surface area (Å²) in [7, 11) is -1.10. The predicted molar refractivity (Wildman–Crippen MR) is 104 cm³/mol. The van der Waals surface area contributed by atoms with Gasteiger partial charge in [0, 0.05) is 23.6 Å². The van der Waals surface area contributed by atoms with Crippen molar-refractivity contribution in [3.05, 3.63) is 47.2 Å². The van der Waals surface area contributed by atoms with Crippen molar-refractivity contribution in [2.24, 2.45) is 7.05 Å². The van der Waals surface area contributed by atoms with Crippen molar-refractivity contribution in [2.75, 3.05) is 11.5 Å². The summed E-state index contributed by atoms with van der Waals surface area (Å²) in [5.41, 5.74) is 0.870. The fourth-order valence-electron chi connectivity index (χ4n) is 3.08. The summed E-state index contributed by atoms with van der Waals surface area (Å²) in [5, 5.41) is 9.74. The lowest BCUT2D eigenvalue weighted by Gasteiger charge is -2.07. The number of nitrogens with zero attached hydrogens (tertiary/aromatic N) is 4. The van der Waals surface area contributed by atoms with E-state index in [1.54, 1.807) is 12.3 Å². The quantitative estimate of drug-likeness (QED) is 0.580. The first-order chi connectivity index (χ1) is 12.9. The third-order valence-corrected chi connectivity index (χ3v) is 7.46. The molecule has 0 bridgehead atoms. The molecule has 0 amide bonds. The minimum absolute atomic E-state index is 0.0852. The molecule has 0 aliphatic carbocycles. The van der Waals surface area contributed by atoms with Gasteiger partial charge < -0.3 is 8.98 Å². The first-order valence-electron chi connectivity index (χ1n) is 8.34. The number of hydrogen-bond acceptors (Lipinski definition) is 7. The van der Waals surface area contributed by atoms with Crippen LogP contribution < -0.4 is 0 Å². The van der Waals surface area contributed by atoms with E-state index in [4.69, 9.17) is 16.0 Å². The number of aromatic nitrogens is 4. The van der Waals surface area contributed by atoms with E-state index in [9.17, 15) is 8.42 Å². The van der Waals surface area contributed by atoms with Crippen LogP contribution in [0.4, 0.5) is 0 Å². The van der Waals surface area contributed by atoms with E-state index in [-0.39, 0.29) is 17.4 Å². The lowest BCUT2D eigenvalue weighted by Crippen LogP contribution is -2.09. The Morgan fingerprint density at radius 3 is 2.96 bits per heavy atom. The van der Waals surface area contributed by atoms with Gasteiger partial charge in [-0.2, -0.15) is 0 Å². The zero-order chi connectivity index (χ0) is 19.0. The second-order valence-electron chi connectivity index (χ2n) is 6.42. The van der Waals surface area contributed by atoms with Crippen LogP contribution in [0, 0.1) is 0 Å². The van der Waals surface area contributed by atoms with Gasteiger partial charge in [-0.3, -0.25) is 0 Å². The van der Waals surface area contributed by atoms with Gasteiger partial charge in [-0.1, -0.05) is 35.5 Å². The van der Waals surface area contributed by atoms with Crippen molar-refractivity contribution < 1.29 is 12.8 Å². The van der Waals surface area contributed by atoms with Crippen molar-refractivity contribution in [3.8, 4) is 11.3 Å². The molecular formula is C17H17ClN4O3S2. The van der Waals surface area contributed by atoms with Gasteiger partial charge in [0.1, 0.15) is 5.82 Å². The molecule has 1 aliphatic rings. The van der Waals surface area contributed by atoms with Crippen molar-refractivity contribution in [2.45, 2.75) is 23.2 Å². The minimum atomic E-state index is -2.96. The molecule has 4 rings (SSSR count). The molecule has 1 atom stereocenters. The number of thioether (sulfide) groups is 1. The van der Waals surface area contributed by atoms with Gasteiger partial charge >= 0.3 is 0 Å². The lowest BCUT2D eigenvalue weighted by atomic mass is 10.1. The maximum absolute atomic E-state index is 11.7. The highest BCUT2D eigenvalue weighted by atomic mass is 35.5. The Kier molecular flexibility index (Phi) is 5.00. The molecule has 27 heavy (non-hydrogen) atoms. The van der Waals surface area contributed by atoms with Gasteiger partial charge in [-0.15, -0.1) is 10.2 Å². The summed E-state index contributed by atoms with van der Waals surface area (Å²) < 4.78 is 31.0. The Hall–Kier alpha value is -1.84. The molecule has 2 aromatic heterocycles. The molecule has 3 aromatic rings. The predicted octanol–water partition coefficient (Wildman–Crippen LogP) is 3.32. The van der Waals surface area contributed by atoms with E-state index in [2.05, 4.69) is 15.2 Å². The highest BCUT2D eigenvalue weighted by Crippen LogP contribution is 2.31. The number of halogens is 1. The molecule has 0 saturated carbocycles. The van der Waals surface area contributed by atoms with Crippen LogP contribution in [0.2, 0.25) is 5.02 Å². The number of benzene rings is 1. The molecule has 1 aliphatic heterocycles. The number of oxazole rings is 1. The second kappa shape index (κ2) is 7.29. The van der Waals surface area contributed by atoms with E-state index >= 15 is 0 Å². The average molecular weight is 425 g/mol. The molecule has 142 valence electrons. The van der Waals surface area contributed by atoms with Gasteiger partial charge in [-0.25, -0.2) is 13.4 Å². The van der Waals surface area contributed by atoms with E-state index < -0.39 is 9.84 Å². The van der Waals surface area contributed by atoms with Crippen molar-refractivity contribution in [1.82, 2.24) is 19.7 Å². The fraction of sp³-hybridized carbons (Fsp3) is 0.353. The minimum Gasteiger partial charge on any atom is -0.440 e. The summed E-state index contributed by atoms with van der Waals surface area (Å²) in [4.78, 5) is 4.30. The fourth-order valence-corrected chi connectivity index (χ4v) is 5.79. The highest BCUT2D eigenvalue weighted by molar-refractivity contribution is 7.98. The maximum Gasteiger partial charge on any atom is 0.205 e. The van der Waals surface area contributed by atoms with Crippen molar-refractivity contribution in [1.29, 1.82) is 0 Å². The van der Waals surface area contributed by atoms with E-state index in [0.29, 0.717) is 39.8 Å². The maximum atomic E-state index is 11.7. The molecule has 7 nitrogen and oxygen atoms in total. The van der Waals surface area contributed by atoms with Gasteiger partial charge in [0.2, 0.25) is 5.89 Å². The Balaban J connectivity index is 1.44. The molecular weight excluding hydrogens is 408 g/mol. The topological polar surface area (TPSA) is 90.9 Å². The lowest BCUT2D eigenvalue weighted by molar-refractivity contribution is 0.529. The van der Waals surface area contributed by atoms with Gasteiger partial charge in [0.25, 0.3) is 0 Å². The molecule has 0 spiro atoms. The Bertz CT molecular complexity index is 1080. The summed E-state index contributed by atoms with van der Waals surface area (Å²) in [5.74, 6) is 2.71. The van der Waals surface area contributed by atoms with Gasteiger partial charge in [0.05, 0.1) is 23.5 Å². The summed E-state index contributed by atoms with van der Waals surface area (Å²) in [6, 6.07) is 7.40. The highest BCUT2D eigenvalue weighted by Gasteiger charge is 2.32. The Labute approximate surface area is 166 Å². The van der Waals surface area contributed by atoms with Crippen LogP contribution in [0.25, 0.3) is 11.3 Å². The van der Waals surface area contributed by atoms with E-state index in [1.165, 1.54) is 11.8 Å². The third-order valence-electron chi connectivity index (χ3n) is 4.45. The first kappa shape index (κ1) is 18.5. The summed E-state index contributed by atoms with van der Waals surface area (Å²) >= 11 is 7.46. The number of hydrogen-bond donors (Lipinski definition) is 0. The third kappa shape index (κ3) is 4.04. The standard InChI is InChI=1S/C17H17ClN4O3S2/c1-22-16(12-5-6-27(23,24)10-12)20-21-17(22)26-9-15-19-8-14(25-15)11-3-2-4-13(18)7-11/h2-4,7-8,12H,5-6,9-10H2,1H3. The van der Waals surface area contributed by atoms with Crippen LogP contribution in [0.1, 0.15) is 24.1 Å². The molecule has 3 heterocycles. The van der Waals surface area contributed by atoms with Gasteiger partial charge in [0.15, 0.2) is 20.8 Å². The average Bonchev–Trinajstić information content (AvgIpc) is 3.32. The molecule has 10 heteroatoms. The second-order valence-corrected chi connectivity index (χ2v) is 10.0. The van der Waals surface area contributed by atoms with Gasteiger partial charge in [-0.05, 0) is 18.6 Å². The largest absolute Gasteiger partial charge is 0.440 e. The molecule has 1 aromatic carbocycles. The van der Waals surface area contributed by atoms with Crippen LogP contribution >= 0.6 is 23.4 Å². The van der Waals surface area contributed by atoms with Crippen LogP contribution in [0.5, 0.6) is 0 Å². The summed E-state index contributed by atoms with van der Waals surface area (Å²) in [6.07, 6.45) is 2.27. The SMILES string of the molecule is Cn1c(SCc2ncc(-c3cccc(Cl)c3)o2)nnc1C1CCS(=O)(=O)C1. The van der Waals surface area contributed by atoms with Crippen LogP contribution in [0.15, 0.2) is 40.0 Å². The van der Waals surface area contributed by atoms with Crippen molar-refractivity contribution >= 4 is 33.2 Å². The molecule has 0 radical (unpaired) electrons. The first-order valence-corrected chi connectivity index (χ1v) is 11.5. The molecule has 1 unspecified atom stereocenters. The molecule has 1 saturated heterocycles. The van der Waals surface area contributed by atoms with Crippen molar-refractivity contribution in [3.63, 3.8) is 0 Å². The van der Waals surface area contributed by atoms with Crippen LogP contribution in [-0.4, -0.2) is 39.7 Å². The van der Waals surface area contributed by atoms with E-state index in [0.717, 1.165) is 5.56 Å². The van der Waals surface area contributed by atoms with E-state index in [1.807, 2.05) is 29.8 Å². The zero-order valence-corrected chi connectivity index (χ0v) is 16.9. The van der Waals surface area contributed by atoms with Crippen LogP contribution in [-0.2, 0) is 22.6 Å². The number of rotatable bonds is 5. The molecule has 1 fully saturated rings. The zero-order valence-electron chi connectivity index (χ0n) is 14.5. The van der Waals surface area contributed by atoms with Crippen LogP contribution in [0.3, 0.4) is 0 Å². The normalized spacial score (nSPS) is 18.8. The number of sulfone groups is 1. The molecule has 0 N–H and O–H groups in total. The summed E-state index contributed by atoms with van der Waals surface area (Å²) in [6.45, 7) is 0.